The highest BCUT2D eigenvalue weighted by Crippen LogP contribution is 2.07. The molecule has 7 heteroatoms. The maximum atomic E-state index is 11.8. The number of rotatable bonds is 22. The molecule has 0 aromatic rings. The van der Waals surface area contributed by atoms with E-state index in [-0.39, 0.29) is 25.6 Å². The highest BCUT2D eigenvalue weighted by molar-refractivity contribution is 5.81. The van der Waals surface area contributed by atoms with Gasteiger partial charge in [0.05, 0.1) is 39.1 Å². The lowest BCUT2D eigenvalue weighted by molar-refractivity contribution is -0.127. The first-order chi connectivity index (χ1) is 14.4. The normalized spacial score (nSPS) is 11.4. The minimum Gasteiger partial charge on any atom is -0.379 e. The van der Waals surface area contributed by atoms with Crippen LogP contribution in [0, 0.1) is 5.92 Å². The molecule has 0 fully saturated rings. The molecule has 0 radical (unpaired) electrons. The van der Waals surface area contributed by atoms with Crippen molar-refractivity contribution < 1.29 is 30.0 Å². The molecular formula is C23H47NO6. The minimum atomic E-state index is 0. The van der Waals surface area contributed by atoms with E-state index in [1.54, 1.807) is 0 Å². The summed E-state index contributed by atoms with van der Waals surface area (Å²) >= 11 is 0. The topological polar surface area (TPSA) is 83.1 Å². The van der Waals surface area contributed by atoms with E-state index in [0.717, 1.165) is 25.9 Å². The van der Waals surface area contributed by atoms with E-state index in [1.165, 1.54) is 19.3 Å². The van der Waals surface area contributed by atoms with Crippen LogP contribution in [0.15, 0.2) is 0 Å². The van der Waals surface area contributed by atoms with E-state index < -0.39 is 0 Å². The molecule has 0 spiro atoms. The number of carbonyl (C=O) groups is 2. The number of carbonyl (C=O) groups excluding carboxylic acids is 2. The van der Waals surface area contributed by atoms with Gasteiger partial charge in [-0.3, -0.25) is 9.59 Å². The van der Waals surface area contributed by atoms with Crippen molar-refractivity contribution in [2.75, 3.05) is 52.8 Å². The number of hydrogen-bond acceptors (Lipinski definition) is 6. The first-order valence-electron chi connectivity index (χ1n) is 11.6. The third kappa shape index (κ3) is 21.7. The molecule has 1 N–H and O–H groups in total. The zero-order valence-corrected chi connectivity index (χ0v) is 19.7. The van der Waals surface area contributed by atoms with Crippen LogP contribution in [-0.4, -0.2) is 70.6 Å². The molecule has 0 aliphatic carbocycles. The Hall–Kier alpha value is -1.02. The summed E-state index contributed by atoms with van der Waals surface area (Å²) in [5.41, 5.74) is 0. The maximum absolute atomic E-state index is 11.8. The Bertz CT molecular complexity index is 421. The van der Waals surface area contributed by atoms with Crippen molar-refractivity contribution in [2.45, 2.75) is 78.7 Å². The monoisotopic (exact) mass is 433 g/mol. The Balaban J connectivity index is 0. The van der Waals surface area contributed by atoms with Gasteiger partial charge in [0.2, 0.25) is 5.91 Å². The van der Waals surface area contributed by atoms with Gasteiger partial charge < -0.3 is 24.3 Å². The maximum Gasteiger partial charge on any atom is 0.220 e. The van der Waals surface area contributed by atoms with Crippen LogP contribution < -0.4 is 5.32 Å². The number of hydrogen-bond donors (Lipinski definition) is 1. The molecule has 0 rings (SSSR count). The fourth-order valence-electron chi connectivity index (χ4n) is 2.54. The van der Waals surface area contributed by atoms with Crippen LogP contribution in [0.4, 0.5) is 0 Å². The Morgan fingerprint density at radius 1 is 0.733 bits per heavy atom. The van der Waals surface area contributed by atoms with Crippen molar-refractivity contribution in [3.05, 3.63) is 0 Å². The number of unbranched alkanes of at least 4 members (excludes halogenated alkanes) is 5. The molecule has 0 aliphatic heterocycles. The van der Waals surface area contributed by atoms with Crippen LogP contribution in [0.5, 0.6) is 0 Å². The Morgan fingerprint density at radius 3 is 1.93 bits per heavy atom. The summed E-state index contributed by atoms with van der Waals surface area (Å²) in [6, 6.07) is 0. The highest BCUT2D eigenvalue weighted by Gasteiger charge is 2.06. The van der Waals surface area contributed by atoms with E-state index in [4.69, 9.17) is 18.9 Å². The third-order valence-corrected chi connectivity index (χ3v) is 4.45. The molecule has 0 heterocycles. The van der Waals surface area contributed by atoms with Gasteiger partial charge in [-0.05, 0) is 26.7 Å². The van der Waals surface area contributed by atoms with E-state index in [1.807, 2.05) is 13.8 Å². The molecule has 0 atom stereocenters. The van der Waals surface area contributed by atoms with Crippen LogP contribution in [0.25, 0.3) is 0 Å². The number of amides is 1. The molecule has 7 nitrogen and oxygen atoms in total. The first-order valence-corrected chi connectivity index (χ1v) is 11.6. The van der Waals surface area contributed by atoms with E-state index in [0.29, 0.717) is 52.1 Å². The van der Waals surface area contributed by atoms with E-state index in [9.17, 15) is 9.59 Å². The molecule has 0 aromatic heterocycles. The number of Topliss-reactive ketones (excluding diaryl/α,β-unsaturated/α-hetero) is 1. The van der Waals surface area contributed by atoms with Gasteiger partial charge in [0, 0.05) is 26.9 Å². The summed E-state index contributed by atoms with van der Waals surface area (Å²) in [5.74, 6) is 0.196. The quantitative estimate of drug-likeness (QED) is 0.262. The van der Waals surface area contributed by atoms with Crippen molar-refractivity contribution in [1.82, 2.24) is 5.32 Å². The molecule has 0 saturated heterocycles. The summed E-state index contributed by atoms with van der Waals surface area (Å²) < 4.78 is 21.5. The van der Waals surface area contributed by atoms with Crippen LogP contribution in [0.3, 0.4) is 0 Å². The van der Waals surface area contributed by atoms with Crippen LogP contribution in [0.1, 0.15) is 74.1 Å². The van der Waals surface area contributed by atoms with Crippen molar-refractivity contribution in [1.29, 1.82) is 0 Å². The van der Waals surface area contributed by atoms with Crippen molar-refractivity contribution in [3.63, 3.8) is 0 Å². The third-order valence-electron chi connectivity index (χ3n) is 4.45. The van der Waals surface area contributed by atoms with Gasteiger partial charge in [0.25, 0.3) is 0 Å². The highest BCUT2D eigenvalue weighted by atomic mass is 16.5. The van der Waals surface area contributed by atoms with Gasteiger partial charge in [0.1, 0.15) is 6.61 Å². The molecule has 30 heavy (non-hydrogen) atoms. The standard InChI is InChI=1S/C23H45NO6.H2/c1-20(2)22(25)19-29-18-17-28-16-15-27-14-12-24-23(26)11-9-7-5-6-8-10-13-30-21(3)4;/h20-21H,5-19H2,1-4H3,(H,24,26);1H. The number of ketones is 1. The fourth-order valence-corrected chi connectivity index (χ4v) is 2.54. The average Bonchev–Trinajstić information content (AvgIpc) is 2.70. The summed E-state index contributed by atoms with van der Waals surface area (Å²) in [4.78, 5) is 23.1. The minimum absolute atomic E-state index is 0. The van der Waals surface area contributed by atoms with Gasteiger partial charge >= 0.3 is 0 Å². The second-order valence-electron chi connectivity index (χ2n) is 8.04. The average molecular weight is 434 g/mol. The van der Waals surface area contributed by atoms with Gasteiger partial charge in [-0.2, -0.15) is 0 Å². The first kappa shape index (κ1) is 29.0. The van der Waals surface area contributed by atoms with Crippen LogP contribution >= 0.6 is 0 Å². The summed E-state index contributed by atoms with van der Waals surface area (Å²) in [5, 5.41) is 2.88. The lowest BCUT2D eigenvalue weighted by Gasteiger charge is -2.08. The van der Waals surface area contributed by atoms with Crippen LogP contribution in [-0.2, 0) is 28.5 Å². The molecule has 180 valence electrons. The Morgan fingerprint density at radius 2 is 1.30 bits per heavy atom. The van der Waals surface area contributed by atoms with Crippen molar-refractivity contribution in [3.8, 4) is 0 Å². The molecular weight excluding hydrogens is 386 g/mol. The zero-order valence-electron chi connectivity index (χ0n) is 19.7. The second kappa shape index (κ2) is 21.2. The predicted octanol–water partition coefficient (Wildman–Crippen LogP) is 3.78. The lowest BCUT2D eigenvalue weighted by atomic mass is 10.1. The van der Waals surface area contributed by atoms with Crippen molar-refractivity contribution in [2.24, 2.45) is 5.92 Å². The van der Waals surface area contributed by atoms with E-state index >= 15 is 0 Å². The predicted molar refractivity (Wildman–Crippen MR) is 121 cm³/mol. The molecule has 0 unspecified atom stereocenters. The summed E-state index contributed by atoms with van der Waals surface area (Å²) in [6.45, 7) is 11.6. The van der Waals surface area contributed by atoms with Gasteiger partial charge in [-0.15, -0.1) is 0 Å². The summed E-state index contributed by atoms with van der Waals surface area (Å²) in [7, 11) is 0. The fraction of sp³-hybridized carbons (Fsp3) is 0.913. The van der Waals surface area contributed by atoms with Crippen molar-refractivity contribution >= 4 is 11.7 Å². The Kier molecular flexibility index (Phi) is 20.5. The van der Waals surface area contributed by atoms with Crippen LogP contribution in [0.2, 0.25) is 0 Å². The molecule has 0 aliphatic rings. The number of nitrogens with one attached hydrogen (secondary N) is 1. The van der Waals surface area contributed by atoms with Gasteiger partial charge in [-0.1, -0.05) is 39.5 Å². The zero-order chi connectivity index (χ0) is 22.5. The lowest BCUT2D eigenvalue weighted by Crippen LogP contribution is -2.27. The van der Waals surface area contributed by atoms with E-state index in [2.05, 4.69) is 19.2 Å². The van der Waals surface area contributed by atoms with Gasteiger partial charge in [-0.25, -0.2) is 0 Å². The summed E-state index contributed by atoms with van der Waals surface area (Å²) in [6.07, 6.45) is 7.65. The SMILES string of the molecule is CC(C)OCCCCCCCCC(=O)NCCOCCOCCOCC(=O)C(C)C.[HH]. The largest absolute Gasteiger partial charge is 0.379 e. The smallest absolute Gasteiger partial charge is 0.220 e. The molecule has 0 aromatic carbocycles. The van der Waals surface area contributed by atoms with Gasteiger partial charge in [0.15, 0.2) is 5.78 Å². The second-order valence-corrected chi connectivity index (χ2v) is 8.04. The molecule has 0 saturated carbocycles. The molecule has 0 bridgehead atoms. The molecule has 1 amide bonds. The Labute approximate surface area is 185 Å². The number of ether oxygens (including phenoxy) is 4.